The molecule has 1 aliphatic rings. The van der Waals surface area contributed by atoms with Gasteiger partial charge in [-0.2, -0.15) is 4.98 Å². The fourth-order valence-corrected chi connectivity index (χ4v) is 3.80. The highest BCUT2D eigenvalue weighted by Gasteiger charge is 2.26. The third kappa shape index (κ3) is 3.78. The highest BCUT2D eigenvalue weighted by atomic mass is 16.5. The summed E-state index contributed by atoms with van der Waals surface area (Å²) in [6.45, 7) is 3.77. The Balaban J connectivity index is 1.30. The van der Waals surface area contributed by atoms with Gasteiger partial charge in [-0.05, 0) is 31.9 Å². The quantitative estimate of drug-likeness (QED) is 0.507. The van der Waals surface area contributed by atoms with Crippen molar-refractivity contribution in [2.75, 3.05) is 18.0 Å². The van der Waals surface area contributed by atoms with Crippen LogP contribution in [0.4, 0.5) is 5.82 Å². The zero-order chi connectivity index (χ0) is 20.3. The van der Waals surface area contributed by atoms with Crippen LogP contribution < -0.4 is 4.90 Å². The summed E-state index contributed by atoms with van der Waals surface area (Å²) < 4.78 is 5.58. The molecule has 7 heteroatoms. The van der Waals surface area contributed by atoms with E-state index < -0.39 is 0 Å². The van der Waals surface area contributed by atoms with Crippen LogP contribution in [0.2, 0.25) is 0 Å². The van der Waals surface area contributed by atoms with E-state index >= 15 is 0 Å². The van der Waals surface area contributed by atoms with Gasteiger partial charge in [-0.15, -0.1) is 0 Å². The largest absolute Gasteiger partial charge is 0.356 e. The lowest BCUT2D eigenvalue weighted by molar-refractivity contribution is 0.329. The van der Waals surface area contributed by atoms with E-state index in [0.29, 0.717) is 11.6 Å². The van der Waals surface area contributed by atoms with E-state index in [2.05, 4.69) is 25.0 Å². The predicted molar refractivity (Wildman–Crippen MR) is 114 cm³/mol. The van der Waals surface area contributed by atoms with Crippen LogP contribution in [0, 0.1) is 6.92 Å². The van der Waals surface area contributed by atoms with Crippen LogP contribution in [0.1, 0.15) is 30.3 Å². The first-order chi connectivity index (χ1) is 14.8. The Morgan fingerprint density at radius 1 is 0.900 bits per heavy atom. The number of aromatic nitrogens is 5. The lowest BCUT2D eigenvalue weighted by Crippen LogP contribution is -2.33. The number of nitrogens with zero attached hydrogens (tertiary/aromatic N) is 6. The highest BCUT2D eigenvalue weighted by molar-refractivity contribution is 5.57. The normalized spacial score (nSPS) is 14.8. The van der Waals surface area contributed by atoms with Gasteiger partial charge in [0.1, 0.15) is 5.82 Å². The molecule has 150 valence electrons. The zero-order valence-electron chi connectivity index (χ0n) is 16.8. The molecular weight excluding hydrogens is 376 g/mol. The molecule has 0 amide bonds. The van der Waals surface area contributed by atoms with Gasteiger partial charge in [0, 0.05) is 54.3 Å². The van der Waals surface area contributed by atoms with Crippen LogP contribution >= 0.6 is 0 Å². The molecule has 0 atom stereocenters. The molecule has 30 heavy (non-hydrogen) atoms. The first-order valence-electron chi connectivity index (χ1n) is 10.2. The third-order valence-corrected chi connectivity index (χ3v) is 5.40. The Kier molecular flexibility index (Phi) is 4.93. The molecule has 1 saturated heterocycles. The second-order valence-corrected chi connectivity index (χ2v) is 7.52. The van der Waals surface area contributed by atoms with Crippen molar-refractivity contribution in [3.63, 3.8) is 0 Å². The Labute approximate surface area is 174 Å². The maximum absolute atomic E-state index is 5.58. The van der Waals surface area contributed by atoms with E-state index in [1.54, 1.807) is 12.4 Å². The molecule has 1 aromatic carbocycles. The summed E-state index contributed by atoms with van der Waals surface area (Å²) in [4.78, 5) is 20.5. The number of rotatable bonds is 4. The van der Waals surface area contributed by atoms with Crippen LogP contribution in [-0.2, 0) is 0 Å². The van der Waals surface area contributed by atoms with Crippen LogP contribution in [0.3, 0.4) is 0 Å². The van der Waals surface area contributed by atoms with Crippen molar-refractivity contribution in [1.29, 1.82) is 0 Å². The first-order valence-corrected chi connectivity index (χ1v) is 10.2. The fraction of sp³-hybridized carbons (Fsp3) is 0.261. The molecule has 1 fully saturated rings. The number of aryl methyl sites for hydroxylation is 1. The number of anilines is 1. The summed E-state index contributed by atoms with van der Waals surface area (Å²) in [6, 6.07) is 15.9. The lowest BCUT2D eigenvalue weighted by atomic mass is 9.96. The topological polar surface area (TPSA) is 80.8 Å². The second kappa shape index (κ2) is 8.02. The number of hydrogen-bond donors (Lipinski definition) is 0. The van der Waals surface area contributed by atoms with E-state index in [0.717, 1.165) is 54.5 Å². The fourth-order valence-electron chi connectivity index (χ4n) is 3.80. The number of piperidine rings is 1. The molecule has 0 unspecified atom stereocenters. The summed E-state index contributed by atoms with van der Waals surface area (Å²) in [7, 11) is 0. The van der Waals surface area contributed by atoms with Crippen molar-refractivity contribution < 1.29 is 4.52 Å². The van der Waals surface area contributed by atoms with Crippen molar-refractivity contribution in [3.05, 3.63) is 72.5 Å². The summed E-state index contributed by atoms with van der Waals surface area (Å²) in [6.07, 6.45) is 5.44. The van der Waals surface area contributed by atoms with Gasteiger partial charge < -0.3 is 9.42 Å². The van der Waals surface area contributed by atoms with Gasteiger partial charge in [-0.25, -0.2) is 9.97 Å². The van der Waals surface area contributed by atoms with Crippen molar-refractivity contribution in [1.82, 2.24) is 25.1 Å². The van der Waals surface area contributed by atoms with Crippen molar-refractivity contribution in [2.45, 2.75) is 25.7 Å². The molecule has 0 aliphatic carbocycles. The molecule has 0 N–H and O–H groups in total. The SMILES string of the molecule is Cc1cc(N2CCC(c3nc(-c4ccccc4)no3)CC2)nc(-c2cccnc2)n1. The molecule has 3 aromatic heterocycles. The Morgan fingerprint density at radius 3 is 2.47 bits per heavy atom. The van der Waals surface area contributed by atoms with Gasteiger partial charge in [-0.3, -0.25) is 4.98 Å². The summed E-state index contributed by atoms with van der Waals surface area (Å²) in [5.41, 5.74) is 2.85. The van der Waals surface area contributed by atoms with Gasteiger partial charge in [0.05, 0.1) is 0 Å². The van der Waals surface area contributed by atoms with Gasteiger partial charge >= 0.3 is 0 Å². The van der Waals surface area contributed by atoms with Crippen molar-refractivity contribution >= 4 is 5.82 Å². The van der Waals surface area contributed by atoms with Gasteiger partial charge in [0.25, 0.3) is 0 Å². The zero-order valence-corrected chi connectivity index (χ0v) is 16.8. The van der Waals surface area contributed by atoms with E-state index in [9.17, 15) is 0 Å². The Morgan fingerprint density at radius 2 is 1.70 bits per heavy atom. The Bertz CT molecular complexity index is 1120. The average Bonchev–Trinajstić information content (AvgIpc) is 3.30. The molecule has 4 heterocycles. The molecule has 0 bridgehead atoms. The van der Waals surface area contributed by atoms with Crippen LogP contribution in [0.15, 0.2) is 65.4 Å². The van der Waals surface area contributed by atoms with Crippen LogP contribution in [-0.4, -0.2) is 38.2 Å². The number of hydrogen-bond acceptors (Lipinski definition) is 7. The number of pyridine rings is 1. The van der Waals surface area contributed by atoms with Crippen molar-refractivity contribution in [3.8, 4) is 22.8 Å². The summed E-state index contributed by atoms with van der Waals surface area (Å²) in [5.74, 6) is 3.32. The van der Waals surface area contributed by atoms with Gasteiger partial charge in [0.2, 0.25) is 11.7 Å². The average molecular weight is 398 g/mol. The molecule has 0 spiro atoms. The van der Waals surface area contributed by atoms with Crippen LogP contribution in [0.25, 0.3) is 22.8 Å². The minimum absolute atomic E-state index is 0.270. The second-order valence-electron chi connectivity index (χ2n) is 7.52. The molecule has 0 radical (unpaired) electrons. The summed E-state index contributed by atoms with van der Waals surface area (Å²) in [5, 5.41) is 4.17. The molecule has 5 rings (SSSR count). The lowest BCUT2D eigenvalue weighted by Gasteiger charge is -2.31. The number of benzene rings is 1. The molecule has 4 aromatic rings. The monoisotopic (exact) mass is 398 g/mol. The van der Waals surface area contributed by atoms with Gasteiger partial charge in [0.15, 0.2) is 5.82 Å². The Hall–Kier alpha value is -3.61. The van der Waals surface area contributed by atoms with E-state index in [-0.39, 0.29) is 5.92 Å². The minimum atomic E-state index is 0.270. The van der Waals surface area contributed by atoms with Crippen LogP contribution in [0.5, 0.6) is 0 Å². The predicted octanol–water partition coefficient (Wildman–Crippen LogP) is 4.28. The molecular formula is C23H22N6O. The third-order valence-electron chi connectivity index (χ3n) is 5.40. The van der Waals surface area contributed by atoms with Gasteiger partial charge in [-0.1, -0.05) is 35.5 Å². The highest BCUT2D eigenvalue weighted by Crippen LogP contribution is 2.31. The molecule has 1 aliphatic heterocycles. The smallest absolute Gasteiger partial charge is 0.230 e. The summed E-state index contributed by atoms with van der Waals surface area (Å²) >= 11 is 0. The molecule has 7 nitrogen and oxygen atoms in total. The van der Waals surface area contributed by atoms with E-state index in [1.807, 2.05) is 55.5 Å². The standard InChI is InChI=1S/C23H22N6O/c1-16-14-20(26-21(25-16)19-8-5-11-24-15-19)29-12-9-18(10-13-29)23-27-22(28-30-23)17-6-3-2-4-7-17/h2-8,11,14-15,18H,9-10,12-13H2,1H3. The van der Waals surface area contributed by atoms with Crippen molar-refractivity contribution in [2.24, 2.45) is 0 Å². The van der Waals surface area contributed by atoms with E-state index in [4.69, 9.17) is 9.51 Å². The molecule has 0 saturated carbocycles. The first kappa shape index (κ1) is 18.4. The minimum Gasteiger partial charge on any atom is -0.356 e. The maximum atomic E-state index is 5.58. The van der Waals surface area contributed by atoms with E-state index in [1.165, 1.54) is 0 Å². The maximum Gasteiger partial charge on any atom is 0.230 e.